The van der Waals surface area contributed by atoms with Crippen molar-refractivity contribution in [2.75, 3.05) is 0 Å². The molecule has 0 saturated heterocycles. The summed E-state index contributed by atoms with van der Waals surface area (Å²) in [5.74, 6) is 5.29. The second-order valence-corrected chi connectivity index (χ2v) is 12.0. The van der Waals surface area contributed by atoms with Crippen molar-refractivity contribution in [2.45, 2.75) is 98.8 Å². The van der Waals surface area contributed by atoms with E-state index in [0.717, 1.165) is 30.6 Å². The molecule has 0 bridgehead atoms. The van der Waals surface area contributed by atoms with Gasteiger partial charge in [-0.1, -0.05) is 59.6 Å². The monoisotopic (exact) mass is 384 g/mol. The number of carbonyl (C=O) groups excluding carboxylic acids is 1. The average Bonchev–Trinajstić information content (AvgIpc) is 2.91. The highest BCUT2D eigenvalue weighted by Gasteiger charge is 2.62. The van der Waals surface area contributed by atoms with Crippen molar-refractivity contribution in [1.29, 1.82) is 0 Å². The van der Waals surface area contributed by atoms with Gasteiger partial charge in [-0.05, 0) is 91.3 Å². The van der Waals surface area contributed by atoms with E-state index in [1.54, 1.807) is 0 Å². The van der Waals surface area contributed by atoms with Gasteiger partial charge in [-0.2, -0.15) is 0 Å². The topological polar surface area (TPSA) is 17.1 Å². The molecule has 0 amide bonds. The van der Waals surface area contributed by atoms with Crippen molar-refractivity contribution in [3.05, 3.63) is 12.2 Å². The summed E-state index contributed by atoms with van der Waals surface area (Å²) in [6, 6.07) is 0. The number of hydrogen-bond acceptors (Lipinski definition) is 1. The van der Waals surface area contributed by atoms with Gasteiger partial charge < -0.3 is 0 Å². The molecule has 0 heterocycles. The summed E-state index contributed by atoms with van der Waals surface area (Å²) in [4.78, 5) is 13.3. The van der Waals surface area contributed by atoms with Crippen LogP contribution in [0.15, 0.2) is 12.2 Å². The minimum absolute atomic E-state index is 0.248. The van der Waals surface area contributed by atoms with Crippen LogP contribution in [0.5, 0.6) is 0 Å². The molecule has 0 spiro atoms. The van der Waals surface area contributed by atoms with E-state index in [0.29, 0.717) is 29.0 Å². The number of rotatable bonds is 4. The van der Waals surface area contributed by atoms with E-state index in [4.69, 9.17) is 0 Å². The molecule has 8 unspecified atom stereocenters. The number of carbonyl (C=O) groups is 1. The number of hydrogen-bond donors (Lipinski definition) is 0. The van der Waals surface area contributed by atoms with Crippen LogP contribution in [0.2, 0.25) is 0 Å². The lowest BCUT2D eigenvalue weighted by Gasteiger charge is -2.60. The molecule has 4 saturated carbocycles. The highest BCUT2D eigenvalue weighted by Crippen LogP contribution is 2.67. The van der Waals surface area contributed by atoms with Gasteiger partial charge in [0.2, 0.25) is 0 Å². The summed E-state index contributed by atoms with van der Waals surface area (Å²) in [7, 11) is 0. The van der Waals surface area contributed by atoms with Crippen LogP contribution in [-0.2, 0) is 4.79 Å². The van der Waals surface area contributed by atoms with Gasteiger partial charge in [0.15, 0.2) is 0 Å². The first-order chi connectivity index (χ1) is 13.3. The Morgan fingerprint density at radius 1 is 0.964 bits per heavy atom. The van der Waals surface area contributed by atoms with Crippen LogP contribution >= 0.6 is 0 Å². The molecule has 0 aromatic carbocycles. The second kappa shape index (κ2) is 7.59. The standard InChI is InChI=1S/C27H44O/c1-18(2)9-8-10-19(3)25-24(28)17-23-21-13-12-20-11-6-7-15-26(20,4)22(21)14-16-27(23,25)5/h8,10,18-23,25H,6-7,9,11-17H2,1-5H3/b10-8-. The maximum Gasteiger partial charge on any atom is 0.137 e. The van der Waals surface area contributed by atoms with Gasteiger partial charge in [-0.3, -0.25) is 4.79 Å². The molecule has 8 atom stereocenters. The molecule has 28 heavy (non-hydrogen) atoms. The summed E-state index contributed by atoms with van der Waals surface area (Å²) >= 11 is 0. The fraction of sp³-hybridized carbons (Fsp3) is 0.889. The van der Waals surface area contributed by atoms with Crippen molar-refractivity contribution < 1.29 is 4.79 Å². The average molecular weight is 385 g/mol. The van der Waals surface area contributed by atoms with Gasteiger partial charge in [0.05, 0.1) is 0 Å². The smallest absolute Gasteiger partial charge is 0.137 e. The SMILES string of the molecule is CC(C)C/C=C\C(C)C1C(=O)CC2C3CCC4CCCCC4(C)C3CCC21C. The third-order valence-electron chi connectivity index (χ3n) is 10.1. The molecular weight excluding hydrogens is 340 g/mol. The molecule has 0 aromatic rings. The first-order valence-corrected chi connectivity index (χ1v) is 12.5. The zero-order valence-corrected chi connectivity index (χ0v) is 19.2. The Labute approximate surface area is 174 Å². The number of ketones is 1. The first-order valence-electron chi connectivity index (χ1n) is 12.5. The molecular formula is C27H44O. The van der Waals surface area contributed by atoms with E-state index in [-0.39, 0.29) is 11.3 Å². The lowest BCUT2D eigenvalue weighted by Crippen LogP contribution is -2.53. The van der Waals surface area contributed by atoms with Crippen molar-refractivity contribution in [1.82, 2.24) is 0 Å². The Morgan fingerprint density at radius 3 is 2.50 bits per heavy atom. The fourth-order valence-corrected chi connectivity index (χ4v) is 8.70. The lowest BCUT2D eigenvalue weighted by molar-refractivity contribution is -0.125. The molecule has 4 rings (SSSR count). The number of fused-ring (bicyclic) bond motifs is 5. The Balaban J connectivity index is 1.55. The Bertz CT molecular complexity index is 618. The van der Waals surface area contributed by atoms with Crippen LogP contribution in [0, 0.1) is 52.3 Å². The summed E-state index contributed by atoms with van der Waals surface area (Å²) in [6.07, 6.45) is 18.1. The predicted molar refractivity (Wildman–Crippen MR) is 118 cm³/mol. The van der Waals surface area contributed by atoms with Crippen molar-refractivity contribution in [2.24, 2.45) is 52.3 Å². The summed E-state index contributed by atoms with van der Waals surface area (Å²) in [5, 5.41) is 0. The maximum atomic E-state index is 13.3. The lowest BCUT2D eigenvalue weighted by atomic mass is 9.44. The molecule has 158 valence electrons. The van der Waals surface area contributed by atoms with Crippen LogP contribution in [-0.4, -0.2) is 5.78 Å². The van der Waals surface area contributed by atoms with E-state index in [9.17, 15) is 4.79 Å². The minimum Gasteiger partial charge on any atom is -0.299 e. The molecule has 1 nitrogen and oxygen atoms in total. The molecule has 0 radical (unpaired) electrons. The van der Waals surface area contributed by atoms with Crippen molar-refractivity contribution in [3.63, 3.8) is 0 Å². The summed E-state index contributed by atoms with van der Waals surface area (Å²) in [5.41, 5.74) is 0.824. The fourth-order valence-electron chi connectivity index (χ4n) is 8.70. The normalized spacial score (nSPS) is 47.1. The third kappa shape index (κ3) is 3.24. The molecule has 0 aliphatic heterocycles. The van der Waals surface area contributed by atoms with E-state index in [1.165, 1.54) is 51.4 Å². The highest BCUT2D eigenvalue weighted by molar-refractivity contribution is 5.85. The van der Waals surface area contributed by atoms with Crippen molar-refractivity contribution >= 4 is 5.78 Å². The minimum atomic E-state index is 0.248. The van der Waals surface area contributed by atoms with E-state index in [1.807, 2.05) is 0 Å². The van der Waals surface area contributed by atoms with Gasteiger partial charge in [-0.15, -0.1) is 0 Å². The molecule has 1 heteroatoms. The molecule has 0 aromatic heterocycles. The Hall–Kier alpha value is -0.590. The largest absolute Gasteiger partial charge is 0.299 e. The first kappa shape index (κ1) is 20.7. The summed E-state index contributed by atoms with van der Waals surface area (Å²) < 4.78 is 0. The Morgan fingerprint density at radius 2 is 1.75 bits per heavy atom. The molecule has 4 aliphatic rings. The van der Waals surface area contributed by atoms with Gasteiger partial charge in [0.1, 0.15) is 5.78 Å². The van der Waals surface area contributed by atoms with Crippen LogP contribution in [0.3, 0.4) is 0 Å². The predicted octanol–water partition coefficient (Wildman–Crippen LogP) is 7.45. The van der Waals surface area contributed by atoms with Crippen molar-refractivity contribution in [3.8, 4) is 0 Å². The molecule has 4 aliphatic carbocycles. The van der Waals surface area contributed by atoms with E-state index in [2.05, 4.69) is 46.8 Å². The zero-order chi connectivity index (χ0) is 20.1. The van der Waals surface area contributed by atoms with Gasteiger partial charge in [0.25, 0.3) is 0 Å². The summed E-state index contributed by atoms with van der Waals surface area (Å²) in [6.45, 7) is 12.0. The highest BCUT2D eigenvalue weighted by atomic mass is 16.1. The Kier molecular flexibility index (Phi) is 5.60. The molecule has 4 fully saturated rings. The van der Waals surface area contributed by atoms with Gasteiger partial charge in [-0.25, -0.2) is 0 Å². The van der Waals surface area contributed by atoms with Crippen LogP contribution < -0.4 is 0 Å². The van der Waals surface area contributed by atoms with Crippen LogP contribution in [0.1, 0.15) is 98.8 Å². The van der Waals surface area contributed by atoms with Gasteiger partial charge in [0, 0.05) is 12.3 Å². The van der Waals surface area contributed by atoms with E-state index < -0.39 is 0 Å². The van der Waals surface area contributed by atoms with Crippen LogP contribution in [0.25, 0.3) is 0 Å². The zero-order valence-electron chi connectivity index (χ0n) is 19.2. The number of allylic oxidation sites excluding steroid dienone is 2. The maximum absolute atomic E-state index is 13.3. The second-order valence-electron chi connectivity index (χ2n) is 12.0. The third-order valence-corrected chi connectivity index (χ3v) is 10.1. The van der Waals surface area contributed by atoms with E-state index >= 15 is 0 Å². The van der Waals surface area contributed by atoms with Gasteiger partial charge >= 0.3 is 0 Å². The quantitative estimate of drug-likeness (QED) is 0.460. The number of Topliss-reactive ketones (excluding diaryl/α,β-unsaturated/α-hetero) is 1. The van der Waals surface area contributed by atoms with Crippen LogP contribution in [0.4, 0.5) is 0 Å². The molecule has 0 N–H and O–H groups in total.